The van der Waals surface area contributed by atoms with Crippen molar-refractivity contribution in [2.24, 2.45) is 29.1 Å². The molecule has 0 aromatic heterocycles. The fourth-order valence-corrected chi connectivity index (χ4v) is 7.87. The highest BCUT2D eigenvalue weighted by Crippen LogP contribution is 2.60. The number of aliphatic hydroxyl groups excluding tert-OH is 3. The van der Waals surface area contributed by atoms with Crippen molar-refractivity contribution in [3.8, 4) is 0 Å². The van der Waals surface area contributed by atoms with Gasteiger partial charge < -0.3 is 29.9 Å². The first-order chi connectivity index (χ1) is 21.7. The first kappa shape index (κ1) is 23.0. The second-order valence-electron chi connectivity index (χ2n) is 12.7. The van der Waals surface area contributed by atoms with Crippen LogP contribution in [0.15, 0.2) is 35.5 Å². The zero-order valence-corrected chi connectivity index (χ0v) is 23.8. The summed E-state index contributed by atoms with van der Waals surface area (Å²) in [7, 11) is 0. The third-order valence-corrected chi connectivity index (χ3v) is 10.1. The summed E-state index contributed by atoms with van der Waals surface area (Å²) in [6, 6.07) is 0. The summed E-state index contributed by atoms with van der Waals surface area (Å²) in [5, 5.41) is 39.9. The number of carbonyl (C=O) groups is 1. The SMILES string of the molecule is [2H]C([2H])([2H])C([2H])(CCC[C@@H](C)[C@H]1CC[C@H]2/C(=C/C=C3/C[C@@H](O[C@@H]4O[C@H](C(=O)O)[C@@H](O)[C@H](O)[C@H]4O)CCC3=C)CCC[C@]12C)C([2H])([2H])[2H]. The maximum Gasteiger partial charge on any atom is 0.335 e. The van der Waals surface area contributed by atoms with Crippen LogP contribution in [0, 0.1) is 29.1 Å². The number of carboxylic acids is 1. The van der Waals surface area contributed by atoms with Crippen molar-refractivity contribution in [3.63, 3.8) is 0 Å². The molecule has 0 aromatic rings. The molecule has 3 aliphatic carbocycles. The molecule has 4 fully saturated rings. The molecule has 1 saturated heterocycles. The zero-order valence-electron chi connectivity index (χ0n) is 30.8. The molecular weight excluding hydrogens is 508 g/mol. The Balaban J connectivity index is 1.41. The van der Waals surface area contributed by atoms with Gasteiger partial charge in [0.15, 0.2) is 12.4 Å². The molecule has 226 valence electrons. The molecule has 7 nitrogen and oxygen atoms in total. The molecule has 4 rings (SSSR count). The predicted octanol–water partition coefficient (Wildman–Crippen LogP) is 5.54. The van der Waals surface area contributed by atoms with Crippen molar-refractivity contribution in [2.75, 3.05) is 0 Å². The Morgan fingerprint density at radius 1 is 1.18 bits per heavy atom. The second kappa shape index (κ2) is 13.2. The molecule has 40 heavy (non-hydrogen) atoms. The molecule has 4 aliphatic rings. The van der Waals surface area contributed by atoms with E-state index in [9.17, 15) is 25.2 Å². The second-order valence-corrected chi connectivity index (χ2v) is 12.7. The molecule has 3 saturated carbocycles. The molecule has 7 heteroatoms. The third-order valence-electron chi connectivity index (χ3n) is 10.1. The molecule has 0 amide bonds. The van der Waals surface area contributed by atoms with Gasteiger partial charge in [-0.3, -0.25) is 0 Å². The van der Waals surface area contributed by atoms with Crippen LogP contribution in [0.3, 0.4) is 0 Å². The fourth-order valence-electron chi connectivity index (χ4n) is 7.87. The predicted molar refractivity (Wildman–Crippen MR) is 154 cm³/mol. The van der Waals surface area contributed by atoms with Gasteiger partial charge in [0.05, 0.1) is 6.10 Å². The molecule has 0 radical (unpaired) electrons. The molecule has 1 aliphatic heterocycles. The Morgan fingerprint density at radius 2 is 1.95 bits per heavy atom. The van der Waals surface area contributed by atoms with Gasteiger partial charge in [-0.2, -0.15) is 0 Å². The number of ether oxygens (including phenoxy) is 2. The first-order valence-corrected chi connectivity index (χ1v) is 14.9. The number of carboxylic acid groups (broad SMARTS) is 1. The van der Waals surface area contributed by atoms with Crippen LogP contribution in [0.4, 0.5) is 0 Å². The van der Waals surface area contributed by atoms with Crippen molar-refractivity contribution in [3.05, 3.63) is 35.5 Å². The zero-order chi connectivity index (χ0) is 35.1. The van der Waals surface area contributed by atoms with Crippen molar-refractivity contribution in [1.29, 1.82) is 0 Å². The fraction of sp³-hybridized carbons (Fsp3) is 0.788. The number of aliphatic hydroxyl groups is 3. The minimum Gasteiger partial charge on any atom is -0.479 e. The summed E-state index contributed by atoms with van der Waals surface area (Å²) in [5.74, 6) is -2.89. The van der Waals surface area contributed by atoms with E-state index in [1.165, 1.54) is 5.57 Å². The number of fused-ring (bicyclic) bond motifs is 1. The van der Waals surface area contributed by atoms with Crippen LogP contribution in [-0.2, 0) is 14.3 Å². The van der Waals surface area contributed by atoms with Crippen LogP contribution in [-0.4, -0.2) is 63.2 Å². The number of hydrogen-bond donors (Lipinski definition) is 4. The largest absolute Gasteiger partial charge is 0.479 e. The van der Waals surface area contributed by atoms with Gasteiger partial charge in [0.25, 0.3) is 0 Å². The standard InChI is InChI=1S/C33H52O7/c1-19(2)8-6-9-21(4)25-15-16-26-22(10-7-17-33(25,26)5)12-13-23-18-24(14-11-20(23)3)39-32-29(36)27(34)28(35)30(40-32)31(37)38/h12-13,19,21,24-30,32,34-36H,3,6-11,14-18H2,1-2,4-5H3,(H,37,38)/b22-12+,23-13-/t21-,24+,25-,26+,27+,28+,29-,30+,32-,33-/m1/s1/i1D3,2D3,19D. The van der Waals surface area contributed by atoms with Gasteiger partial charge in [-0.15, -0.1) is 0 Å². The Bertz CT molecular complexity index is 1200. The lowest BCUT2D eigenvalue weighted by molar-refractivity contribution is -0.304. The van der Waals surface area contributed by atoms with Gasteiger partial charge in [0.2, 0.25) is 0 Å². The van der Waals surface area contributed by atoms with E-state index in [0.29, 0.717) is 43.9 Å². The average Bonchev–Trinajstić information content (AvgIpc) is 3.33. The van der Waals surface area contributed by atoms with Crippen molar-refractivity contribution < 1.29 is 44.3 Å². The topological polar surface area (TPSA) is 116 Å². The van der Waals surface area contributed by atoms with Gasteiger partial charge in [0, 0.05) is 9.60 Å². The highest BCUT2D eigenvalue weighted by Gasteiger charge is 2.51. The summed E-state index contributed by atoms with van der Waals surface area (Å²) in [6.45, 7) is 2.98. The lowest BCUT2D eigenvalue weighted by Gasteiger charge is -2.44. The van der Waals surface area contributed by atoms with E-state index in [2.05, 4.69) is 32.6 Å². The highest BCUT2D eigenvalue weighted by atomic mass is 16.7. The molecule has 0 bridgehead atoms. The molecule has 10 atom stereocenters. The summed E-state index contributed by atoms with van der Waals surface area (Å²) >= 11 is 0. The van der Waals surface area contributed by atoms with E-state index in [-0.39, 0.29) is 17.8 Å². The molecule has 0 unspecified atom stereocenters. The Hall–Kier alpha value is -1.51. The first-order valence-electron chi connectivity index (χ1n) is 18.4. The summed E-state index contributed by atoms with van der Waals surface area (Å²) < 4.78 is 65.9. The van der Waals surface area contributed by atoms with Gasteiger partial charge in [-0.05, 0) is 86.0 Å². The molecule has 0 spiro atoms. The number of aliphatic carboxylic acids is 1. The van der Waals surface area contributed by atoms with Gasteiger partial charge in [-0.25, -0.2) is 4.79 Å². The highest BCUT2D eigenvalue weighted by molar-refractivity contribution is 5.73. The van der Waals surface area contributed by atoms with Crippen LogP contribution >= 0.6 is 0 Å². The maximum atomic E-state index is 11.5. The van der Waals surface area contributed by atoms with Crippen molar-refractivity contribution in [2.45, 2.75) is 135 Å². The third kappa shape index (κ3) is 6.75. The Morgan fingerprint density at radius 3 is 2.67 bits per heavy atom. The Labute approximate surface area is 250 Å². The van der Waals surface area contributed by atoms with E-state index >= 15 is 0 Å². The number of hydrogen-bond acceptors (Lipinski definition) is 6. The monoisotopic (exact) mass is 567 g/mol. The van der Waals surface area contributed by atoms with E-state index < -0.39 is 62.4 Å². The number of allylic oxidation sites excluding steroid dienone is 4. The smallest absolute Gasteiger partial charge is 0.335 e. The lowest BCUT2D eigenvalue weighted by atomic mass is 9.60. The van der Waals surface area contributed by atoms with Gasteiger partial charge >= 0.3 is 5.97 Å². The molecule has 4 N–H and O–H groups in total. The van der Waals surface area contributed by atoms with Gasteiger partial charge in [-0.1, -0.05) is 76.7 Å². The Kier molecular flexibility index (Phi) is 7.59. The summed E-state index contributed by atoms with van der Waals surface area (Å²) in [6.07, 6.45) is 3.37. The van der Waals surface area contributed by atoms with Crippen LogP contribution in [0.2, 0.25) is 0 Å². The number of rotatable bonds is 9. The van der Waals surface area contributed by atoms with Crippen molar-refractivity contribution >= 4 is 5.97 Å². The molecule has 1 heterocycles. The normalized spacial score (nSPS) is 44.9. The van der Waals surface area contributed by atoms with Crippen LogP contribution in [0.1, 0.15) is 108 Å². The minimum absolute atomic E-state index is 0.0594. The maximum absolute atomic E-state index is 11.5. The molecule has 0 aromatic carbocycles. The molecular formula is C33H52O7. The van der Waals surface area contributed by atoms with Crippen molar-refractivity contribution in [1.82, 2.24) is 0 Å². The van der Waals surface area contributed by atoms with E-state index in [4.69, 9.17) is 19.1 Å². The van der Waals surface area contributed by atoms with Crippen LogP contribution in [0.25, 0.3) is 0 Å². The summed E-state index contributed by atoms with van der Waals surface area (Å²) in [5.41, 5.74) is 3.40. The van der Waals surface area contributed by atoms with E-state index in [1.54, 1.807) is 0 Å². The summed E-state index contributed by atoms with van der Waals surface area (Å²) in [4.78, 5) is 11.5. The quantitative estimate of drug-likeness (QED) is 0.289. The van der Waals surface area contributed by atoms with E-state index in [1.807, 2.05) is 0 Å². The average molecular weight is 568 g/mol. The van der Waals surface area contributed by atoms with Gasteiger partial charge in [0.1, 0.15) is 18.3 Å². The van der Waals surface area contributed by atoms with Crippen LogP contribution in [0.5, 0.6) is 0 Å². The van der Waals surface area contributed by atoms with E-state index in [0.717, 1.165) is 43.3 Å². The van der Waals surface area contributed by atoms with Crippen LogP contribution < -0.4 is 0 Å². The minimum atomic E-state index is -2.89. The lowest BCUT2D eigenvalue weighted by Crippen LogP contribution is -2.60.